The number of hydrogen-bond acceptors (Lipinski definition) is 5. The molecule has 0 fully saturated rings. The molecule has 0 rings (SSSR count). The molecule has 2 N–H and O–H groups in total. The van der Waals surface area contributed by atoms with E-state index >= 15 is 0 Å². The minimum atomic E-state index is -3.14. The number of nitrogens with one attached hydrogen (secondary N) is 1. The lowest BCUT2D eigenvalue weighted by Crippen LogP contribution is -2.44. The Hall–Kier alpha value is -1.35. The Bertz CT molecular complexity index is 394. The average Bonchev–Trinajstić information content (AvgIpc) is 2.24. The molecule has 2 amide bonds. The highest BCUT2D eigenvalue weighted by Crippen LogP contribution is 1.92. The Labute approximate surface area is 106 Å². The largest absolute Gasteiger partial charge is 0.479 e. The molecule has 0 spiro atoms. The number of rotatable bonds is 7. The summed E-state index contributed by atoms with van der Waals surface area (Å²) in [6.45, 7) is -0.150. The molecule has 0 saturated heterocycles. The average molecular weight is 282 g/mol. The molecule has 0 aromatic heterocycles. The molecule has 0 heterocycles. The van der Waals surface area contributed by atoms with Gasteiger partial charge in [-0.2, -0.15) is 0 Å². The zero-order chi connectivity index (χ0) is 14.3. The standard InChI is InChI=1S/C9H18N2O6S/c1-11(4-5-18(3,15)16)9(14)10-6-7(17-2)8(12)13/h7H,4-6H2,1-3H3,(H,10,14)(H,12,13). The van der Waals surface area contributed by atoms with Gasteiger partial charge in [-0.05, 0) is 0 Å². The Morgan fingerprint density at radius 3 is 2.39 bits per heavy atom. The van der Waals surface area contributed by atoms with Crippen LogP contribution in [0.4, 0.5) is 4.79 Å². The molecular weight excluding hydrogens is 264 g/mol. The van der Waals surface area contributed by atoms with Gasteiger partial charge >= 0.3 is 12.0 Å². The highest BCUT2D eigenvalue weighted by Gasteiger charge is 2.18. The summed E-state index contributed by atoms with van der Waals surface area (Å²) in [6, 6.07) is -0.554. The van der Waals surface area contributed by atoms with Crippen LogP contribution >= 0.6 is 0 Å². The molecule has 0 aliphatic heterocycles. The number of sulfone groups is 1. The summed E-state index contributed by atoms with van der Waals surface area (Å²) in [6.07, 6.45) is -0.0540. The Morgan fingerprint density at radius 1 is 1.44 bits per heavy atom. The summed E-state index contributed by atoms with van der Waals surface area (Å²) in [5, 5.41) is 11.0. The molecule has 1 atom stereocenters. The van der Waals surface area contributed by atoms with Crippen molar-refractivity contribution < 1.29 is 27.9 Å². The summed E-state index contributed by atoms with van der Waals surface area (Å²) in [5.41, 5.74) is 0. The fraction of sp³-hybridized carbons (Fsp3) is 0.778. The maximum atomic E-state index is 11.5. The molecule has 0 saturated carbocycles. The van der Waals surface area contributed by atoms with Crippen LogP contribution in [0.1, 0.15) is 0 Å². The van der Waals surface area contributed by atoms with Crippen LogP contribution in [0.5, 0.6) is 0 Å². The van der Waals surface area contributed by atoms with E-state index in [4.69, 9.17) is 5.11 Å². The van der Waals surface area contributed by atoms with E-state index in [0.29, 0.717) is 0 Å². The molecule has 0 aromatic rings. The fourth-order valence-corrected chi connectivity index (χ4v) is 1.60. The second kappa shape index (κ2) is 7.17. The minimum Gasteiger partial charge on any atom is -0.479 e. The van der Waals surface area contributed by atoms with Crippen molar-refractivity contribution in [3.05, 3.63) is 0 Å². The number of carbonyl (C=O) groups excluding carboxylic acids is 1. The summed E-state index contributed by atoms with van der Waals surface area (Å²) >= 11 is 0. The van der Waals surface area contributed by atoms with E-state index in [1.54, 1.807) is 0 Å². The predicted molar refractivity (Wildman–Crippen MR) is 64.2 cm³/mol. The van der Waals surface area contributed by atoms with Crippen LogP contribution in [-0.2, 0) is 19.4 Å². The highest BCUT2D eigenvalue weighted by molar-refractivity contribution is 7.90. The van der Waals surface area contributed by atoms with Crippen molar-refractivity contribution >= 4 is 21.8 Å². The number of carboxylic acid groups (broad SMARTS) is 1. The van der Waals surface area contributed by atoms with Crippen LogP contribution in [0, 0.1) is 0 Å². The first-order chi connectivity index (χ1) is 8.17. The first kappa shape index (κ1) is 16.6. The van der Waals surface area contributed by atoms with Gasteiger partial charge in [0.25, 0.3) is 0 Å². The van der Waals surface area contributed by atoms with Crippen molar-refractivity contribution in [2.75, 3.05) is 39.3 Å². The van der Waals surface area contributed by atoms with Crippen molar-refractivity contribution in [3.63, 3.8) is 0 Å². The van der Waals surface area contributed by atoms with Gasteiger partial charge in [-0.15, -0.1) is 0 Å². The zero-order valence-electron chi connectivity index (χ0n) is 10.5. The molecule has 106 valence electrons. The van der Waals surface area contributed by atoms with E-state index in [2.05, 4.69) is 10.1 Å². The number of amides is 2. The van der Waals surface area contributed by atoms with Gasteiger partial charge in [0, 0.05) is 27.0 Å². The van der Waals surface area contributed by atoms with Crippen LogP contribution < -0.4 is 5.32 Å². The molecule has 18 heavy (non-hydrogen) atoms. The second-order valence-corrected chi connectivity index (χ2v) is 6.06. The molecule has 0 bridgehead atoms. The summed E-state index contributed by atoms with van der Waals surface area (Å²) < 4.78 is 26.4. The number of methoxy groups -OCH3 is 1. The van der Waals surface area contributed by atoms with Gasteiger partial charge < -0.3 is 20.1 Å². The zero-order valence-corrected chi connectivity index (χ0v) is 11.4. The van der Waals surface area contributed by atoms with Gasteiger partial charge in [0.15, 0.2) is 6.10 Å². The van der Waals surface area contributed by atoms with Crippen LogP contribution in [-0.4, -0.2) is 75.8 Å². The van der Waals surface area contributed by atoms with Crippen molar-refractivity contribution in [3.8, 4) is 0 Å². The molecule has 0 aliphatic carbocycles. The van der Waals surface area contributed by atoms with Gasteiger partial charge in [-0.1, -0.05) is 0 Å². The number of hydrogen-bond donors (Lipinski definition) is 2. The van der Waals surface area contributed by atoms with Crippen molar-refractivity contribution in [1.29, 1.82) is 0 Å². The Balaban J connectivity index is 4.13. The maximum absolute atomic E-state index is 11.5. The van der Waals surface area contributed by atoms with Crippen molar-refractivity contribution in [1.82, 2.24) is 10.2 Å². The molecular formula is C9H18N2O6S. The third kappa shape index (κ3) is 7.07. The molecule has 9 heteroatoms. The van der Waals surface area contributed by atoms with E-state index < -0.39 is 27.9 Å². The number of nitrogens with zero attached hydrogens (tertiary/aromatic N) is 1. The molecule has 1 unspecified atom stereocenters. The third-order valence-electron chi connectivity index (χ3n) is 2.14. The van der Waals surface area contributed by atoms with Crippen molar-refractivity contribution in [2.24, 2.45) is 0 Å². The molecule has 0 aliphatic rings. The smallest absolute Gasteiger partial charge is 0.334 e. The van der Waals surface area contributed by atoms with Crippen LogP contribution in [0.25, 0.3) is 0 Å². The first-order valence-corrected chi connectivity index (χ1v) is 7.15. The Morgan fingerprint density at radius 2 is 2.00 bits per heavy atom. The quantitative estimate of drug-likeness (QED) is 0.604. The van der Waals surface area contributed by atoms with Crippen molar-refractivity contribution in [2.45, 2.75) is 6.10 Å². The van der Waals surface area contributed by atoms with Gasteiger partial charge in [-0.3, -0.25) is 0 Å². The Kier molecular flexibility index (Phi) is 6.63. The summed E-state index contributed by atoms with van der Waals surface area (Å²) in [5.74, 6) is -1.33. The highest BCUT2D eigenvalue weighted by atomic mass is 32.2. The van der Waals surface area contributed by atoms with Gasteiger partial charge in [-0.25, -0.2) is 18.0 Å². The lowest BCUT2D eigenvalue weighted by Gasteiger charge is -2.18. The SMILES string of the molecule is COC(CNC(=O)N(C)CCS(C)(=O)=O)C(=O)O. The van der Waals surface area contributed by atoms with E-state index in [-0.39, 0.29) is 18.8 Å². The first-order valence-electron chi connectivity index (χ1n) is 5.09. The molecule has 8 nitrogen and oxygen atoms in total. The summed E-state index contributed by atoms with van der Waals surface area (Å²) in [7, 11) is -0.502. The topological polar surface area (TPSA) is 113 Å². The van der Waals surface area contributed by atoms with E-state index in [1.165, 1.54) is 14.2 Å². The molecule has 0 radical (unpaired) electrons. The predicted octanol–water partition coefficient (Wildman–Crippen LogP) is -1.23. The van der Waals surface area contributed by atoms with E-state index in [1.807, 2.05) is 0 Å². The van der Waals surface area contributed by atoms with Gasteiger partial charge in [0.05, 0.1) is 12.3 Å². The van der Waals surface area contributed by atoms with E-state index in [0.717, 1.165) is 11.2 Å². The van der Waals surface area contributed by atoms with Crippen LogP contribution in [0.2, 0.25) is 0 Å². The van der Waals surface area contributed by atoms with Gasteiger partial charge in [0.1, 0.15) is 9.84 Å². The van der Waals surface area contributed by atoms with E-state index in [9.17, 15) is 18.0 Å². The summed E-state index contributed by atoms with van der Waals surface area (Å²) in [4.78, 5) is 23.2. The number of aliphatic carboxylic acids is 1. The van der Waals surface area contributed by atoms with Gasteiger partial charge in [0.2, 0.25) is 0 Å². The second-order valence-electron chi connectivity index (χ2n) is 3.80. The lowest BCUT2D eigenvalue weighted by molar-refractivity contribution is -0.148. The normalized spacial score (nSPS) is 12.8. The van der Waals surface area contributed by atoms with Crippen LogP contribution in [0.3, 0.4) is 0 Å². The number of carbonyl (C=O) groups is 2. The fourth-order valence-electron chi connectivity index (χ4n) is 0.991. The number of urea groups is 1. The minimum absolute atomic E-state index is 0.0371. The monoisotopic (exact) mass is 282 g/mol. The number of ether oxygens (including phenoxy) is 1. The molecule has 0 aromatic carbocycles. The van der Waals surface area contributed by atoms with Crippen LogP contribution in [0.15, 0.2) is 0 Å². The maximum Gasteiger partial charge on any atom is 0.334 e. The lowest BCUT2D eigenvalue weighted by atomic mass is 10.3. The third-order valence-corrected chi connectivity index (χ3v) is 3.07. The number of carboxylic acids is 1.